The summed E-state index contributed by atoms with van der Waals surface area (Å²) >= 11 is 0. The summed E-state index contributed by atoms with van der Waals surface area (Å²) in [5.41, 5.74) is 12.5. The van der Waals surface area contributed by atoms with E-state index in [1.54, 1.807) is 0 Å². The smallest absolute Gasteiger partial charge is 0.479 e. The van der Waals surface area contributed by atoms with Gasteiger partial charge in [-0.25, -0.2) is 38.1 Å². The maximum absolute atomic E-state index is 12.5. The highest BCUT2D eigenvalue weighted by atomic mass is 31.3. The Bertz CT molecular complexity index is 1910. The Morgan fingerprint density at radius 2 is 1.25 bits per heavy atom. The first-order valence-electron chi connectivity index (χ1n) is 14.6. The van der Waals surface area contributed by atoms with Gasteiger partial charge in [0.25, 0.3) is 7.82 Å². The van der Waals surface area contributed by atoms with E-state index < -0.39 is 101 Å². The van der Waals surface area contributed by atoms with Gasteiger partial charge in [0.2, 0.25) is 0 Å². The predicted molar refractivity (Wildman–Crippen MR) is 174 cm³/mol. The molecular formula is C22H34N9O18P4-. The number of hydrogen-bond acceptors (Lipinski definition) is 22. The fourth-order valence-corrected chi connectivity index (χ4v) is 11.1. The van der Waals surface area contributed by atoms with Crippen LogP contribution >= 0.6 is 30.8 Å². The quantitative estimate of drug-likeness (QED) is 0.0392. The van der Waals surface area contributed by atoms with E-state index in [-0.39, 0.29) is 33.8 Å². The number of fused-ring (bicyclic) bond motifs is 2. The highest BCUT2D eigenvalue weighted by molar-refractivity contribution is 7.76. The second-order valence-corrected chi connectivity index (χ2v) is 17.9. The number of aliphatic hydroxyl groups is 4. The van der Waals surface area contributed by atoms with Crippen LogP contribution in [0.25, 0.3) is 22.3 Å². The number of anilines is 2. The van der Waals surface area contributed by atoms with Crippen molar-refractivity contribution in [2.75, 3.05) is 57.0 Å². The standard InChI is InChI=1S/C22H35N9O18P4/c23-15-1-2-25-21-18(15)28-10-30(21)16(5-34)46-13(3-32)7-44-52(40,41)48-50(36,37)12-51(38,39)49-53(42,43)45-8-14(4-33)47-17(6-35)31-11-29-19-20(24)26-9-27-22(19)31/h1-2,9-11,13-14,16-17,32-35H,3-8,12H2,(H2,23,25)(H,36,37)(H,38,39)(H,40,41)(H,42,43)(H2,24,26,27)/p-1/t13-,14-,16+,17+/m0/s1. The number of ether oxygens (including phenoxy) is 2. The molecule has 0 saturated heterocycles. The Hall–Kier alpha value is -2.87. The molecule has 0 aromatic carbocycles. The number of rotatable bonds is 22. The van der Waals surface area contributed by atoms with Crippen molar-refractivity contribution in [3.63, 3.8) is 0 Å². The van der Waals surface area contributed by atoms with Crippen molar-refractivity contribution >= 4 is 64.7 Å². The summed E-state index contributed by atoms with van der Waals surface area (Å²) < 4.78 is 80.3. The van der Waals surface area contributed by atoms with Gasteiger partial charge in [-0.1, -0.05) is 0 Å². The van der Waals surface area contributed by atoms with Crippen molar-refractivity contribution in [2.45, 2.75) is 24.7 Å². The minimum atomic E-state index is -5.87. The molecule has 4 rings (SSSR count). The van der Waals surface area contributed by atoms with Crippen LogP contribution in [0.2, 0.25) is 0 Å². The van der Waals surface area contributed by atoms with Gasteiger partial charge in [-0.3, -0.25) is 27.4 Å². The number of hydrogen-bond donors (Lipinski definition) is 9. The third-order valence-electron chi connectivity index (χ3n) is 6.58. The average Bonchev–Trinajstić information content (AvgIpc) is 3.70. The van der Waals surface area contributed by atoms with Crippen LogP contribution in [0.3, 0.4) is 0 Å². The first-order valence-corrected chi connectivity index (χ1v) is 21.0. The minimum absolute atomic E-state index is 0.00385. The molecule has 0 fully saturated rings. The summed E-state index contributed by atoms with van der Waals surface area (Å²) in [7, 11) is -22.9. The molecule has 0 radical (unpaired) electrons. The molecule has 0 bridgehead atoms. The van der Waals surface area contributed by atoms with Crippen LogP contribution in [-0.4, -0.2) is 127 Å². The molecular weight excluding hydrogens is 802 g/mol. The molecule has 8 atom stereocenters. The van der Waals surface area contributed by atoms with Gasteiger partial charge in [0.15, 0.2) is 35.5 Å². The molecule has 11 N–H and O–H groups in total. The number of nitrogens with two attached hydrogens (primary N) is 2. The molecule has 0 aliphatic rings. The molecule has 27 nitrogen and oxygen atoms in total. The highest BCUT2D eigenvalue weighted by Crippen LogP contribution is 2.69. The number of nitrogen functional groups attached to an aromatic ring is 2. The van der Waals surface area contributed by atoms with Gasteiger partial charge < -0.3 is 65.5 Å². The topological polar surface area (TPSA) is 415 Å². The molecule has 4 aromatic heterocycles. The number of aromatic nitrogens is 7. The third kappa shape index (κ3) is 11.6. The largest absolute Gasteiger partial charge is 0.756 e. The second-order valence-electron chi connectivity index (χ2n) is 10.5. The highest BCUT2D eigenvalue weighted by Gasteiger charge is 2.42. The van der Waals surface area contributed by atoms with Gasteiger partial charge in [-0.15, -0.1) is 0 Å². The van der Waals surface area contributed by atoms with Gasteiger partial charge in [-0.05, 0) is 6.07 Å². The molecule has 0 aliphatic carbocycles. The van der Waals surface area contributed by atoms with Crippen LogP contribution < -0.4 is 16.4 Å². The van der Waals surface area contributed by atoms with Gasteiger partial charge in [0.1, 0.15) is 29.6 Å². The molecule has 4 aromatic rings. The Morgan fingerprint density at radius 3 is 1.81 bits per heavy atom. The zero-order valence-electron chi connectivity index (χ0n) is 26.8. The Labute approximate surface area is 297 Å². The van der Waals surface area contributed by atoms with E-state index in [2.05, 4.69) is 42.6 Å². The first kappa shape index (κ1) is 42.9. The summed E-state index contributed by atoms with van der Waals surface area (Å²) in [4.78, 5) is 62.2. The molecule has 0 aliphatic heterocycles. The molecule has 31 heteroatoms. The van der Waals surface area contributed by atoms with Crippen molar-refractivity contribution in [3.8, 4) is 0 Å². The van der Waals surface area contributed by atoms with Crippen molar-refractivity contribution in [1.82, 2.24) is 34.1 Å². The Kier molecular flexibility index (Phi) is 14.3. The van der Waals surface area contributed by atoms with Gasteiger partial charge >= 0.3 is 23.0 Å². The zero-order valence-corrected chi connectivity index (χ0v) is 30.4. The van der Waals surface area contributed by atoms with E-state index in [1.165, 1.54) is 27.7 Å². The number of phosphoric acid groups is 2. The second kappa shape index (κ2) is 17.7. The van der Waals surface area contributed by atoms with Crippen LogP contribution in [0.1, 0.15) is 12.5 Å². The van der Waals surface area contributed by atoms with Crippen LogP contribution in [0.4, 0.5) is 11.5 Å². The summed E-state index contributed by atoms with van der Waals surface area (Å²) in [6.07, 6.45) is -0.897. The van der Waals surface area contributed by atoms with E-state index in [4.69, 9.17) is 20.9 Å². The number of nitrogens with zero attached hydrogens (tertiary/aromatic N) is 7. The van der Waals surface area contributed by atoms with Crippen LogP contribution in [0.15, 0.2) is 31.2 Å². The van der Waals surface area contributed by atoms with Crippen LogP contribution in [0.5, 0.6) is 0 Å². The average molecular weight is 836 g/mol. The molecule has 0 amide bonds. The molecule has 53 heavy (non-hydrogen) atoms. The molecule has 0 spiro atoms. The molecule has 4 heterocycles. The van der Waals surface area contributed by atoms with Gasteiger partial charge in [0, 0.05) is 6.20 Å². The summed E-state index contributed by atoms with van der Waals surface area (Å²) in [5, 5.41) is 39.0. The van der Waals surface area contributed by atoms with Crippen molar-refractivity contribution < 1.29 is 85.4 Å². The number of phosphoric ester groups is 2. The lowest BCUT2D eigenvalue weighted by Crippen LogP contribution is -2.30. The molecule has 296 valence electrons. The zero-order chi connectivity index (χ0) is 39.2. The summed E-state index contributed by atoms with van der Waals surface area (Å²) in [6, 6.07) is 1.46. The summed E-state index contributed by atoms with van der Waals surface area (Å²) in [5.74, 6) is -2.08. The lowest BCUT2D eigenvalue weighted by atomic mass is 10.3. The fourth-order valence-electron chi connectivity index (χ4n) is 4.35. The van der Waals surface area contributed by atoms with E-state index in [0.29, 0.717) is 0 Å². The van der Waals surface area contributed by atoms with Crippen molar-refractivity contribution in [2.24, 2.45) is 0 Å². The SMILES string of the molecule is Nc1ccnc2c1ncn2[C@@H](CO)O[C@@H](CO)COP(=O)(O)OP(=O)(O)CP(=O)(O)OP(=O)([O-])OC[C@H](CO)O[C@H](CO)n1cnc2c(N)ncnc21. The van der Waals surface area contributed by atoms with E-state index in [9.17, 15) is 58.3 Å². The van der Waals surface area contributed by atoms with E-state index in [1.807, 2.05) is 0 Å². The Morgan fingerprint density at radius 1 is 0.717 bits per heavy atom. The van der Waals surface area contributed by atoms with Crippen molar-refractivity contribution in [1.29, 1.82) is 0 Å². The minimum Gasteiger partial charge on any atom is -0.756 e. The summed E-state index contributed by atoms with van der Waals surface area (Å²) in [6.45, 7) is -5.44. The first-order chi connectivity index (χ1) is 24.8. The van der Waals surface area contributed by atoms with Gasteiger partial charge in [-0.2, -0.15) is 0 Å². The lowest BCUT2D eigenvalue weighted by molar-refractivity contribution is -0.221. The Balaban J connectivity index is 1.30. The normalized spacial score (nSPS) is 19.2. The molecule has 4 unspecified atom stereocenters. The number of imidazole rings is 2. The fraction of sp³-hybridized carbons (Fsp3) is 0.500. The lowest BCUT2D eigenvalue weighted by Gasteiger charge is -2.29. The predicted octanol–water partition coefficient (Wildman–Crippen LogP) is -1.86. The maximum Gasteiger partial charge on any atom is 0.479 e. The molecule has 0 saturated carbocycles. The van der Waals surface area contributed by atoms with Crippen LogP contribution in [-0.2, 0) is 45.4 Å². The van der Waals surface area contributed by atoms with E-state index in [0.717, 1.165) is 12.7 Å². The van der Waals surface area contributed by atoms with E-state index >= 15 is 0 Å². The number of aliphatic hydroxyl groups excluding tert-OH is 4. The van der Waals surface area contributed by atoms with Gasteiger partial charge in [0.05, 0.1) is 58.0 Å². The number of pyridine rings is 1. The maximum atomic E-state index is 12.5. The monoisotopic (exact) mass is 836 g/mol. The van der Waals surface area contributed by atoms with Crippen molar-refractivity contribution in [3.05, 3.63) is 31.2 Å². The van der Waals surface area contributed by atoms with Crippen LogP contribution in [0, 0.1) is 0 Å². The third-order valence-corrected chi connectivity index (χ3v) is 14.0.